The summed E-state index contributed by atoms with van der Waals surface area (Å²) in [4.78, 5) is 19.9. The van der Waals surface area contributed by atoms with Crippen molar-refractivity contribution in [2.45, 2.75) is 19.3 Å². The number of nitrogens with zero attached hydrogens (tertiary/aromatic N) is 3. The van der Waals surface area contributed by atoms with E-state index in [0.29, 0.717) is 11.9 Å². The first-order valence-corrected chi connectivity index (χ1v) is 7.83. The van der Waals surface area contributed by atoms with Gasteiger partial charge in [0.2, 0.25) is 5.91 Å². The van der Waals surface area contributed by atoms with E-state index in [0.717, 1.165) is 63.5 Å². The highest BCUT2D eigenvalue weighted by Crippen LogP contribution is 2.10. The smallest absolute Gasteiger partial charge is 0.222 e. The number of amides is 1. The second-order valence-corrected chi connectivity index (χ2v) is 5.90. The van der Waals surface area contributed by atoms with E-state index in [1.807, 2.05) is 16.7 Å². The number of nitrogens with two attached hydrogens (primary N) is 1. The zero-order valence-corrected chi connectivity index (χ0v) is 11.6. The van der Waals surface area contributed by atoms with Gasteiger partial charge in [-0.1, -0.05) is 0 Å². The molecule has 1 amide bonds. The summed E-state index contributed by atoms with van der Waals surface area (Å²) in [6, 6.07) is 0. The highest BCUT2D eigenvalue weighted by atomic mass is 32.2. The summed E-state index contributed by atoms with van der Waals surface area (Å²) in [6.45, 7) is 4.47. The fourth-order valence-corrected chi connectivity index (χ4v) is 3.19. The molecule has 2 fully saturated rings. The van der Waals surface area contributed by atoms with Crippen molar-refractivity contribution in [3.63, 3.8) is 0 Å². The molecule has 0 aromatic heterocycles. The standard InChI is InChI=1S/C12H22N4OS/c13-12(16-7-9-18-10-8-16)14-4-2-6-15-5-1-3-11(15)17/h1-10H2,(H2,13,14). The molecule has 6 heteroatoms. The number of carbonyl (C=O) groups is 1. The zero-order chi connectivity index (χ0) is 12.8. The Labute approximate surface area is 113 Å². The maximum Gasteiger partial charge on any atom is 0.222 e. The summed E-state index contributed by atoms with van der Waals surface area (Å²) in [7, 11) is 0. The number of hydrogen-bond donors (Lipinski definition) is 1. The zero-order valence-electron chi connectivity index (χ0n) is 10.8. The second kappa shape index (κ2) is 6.87. The molecule has 0 spiro atoms. The van der Waals surface area contributed by atoms with Crippen LogP contribution < -0.4 is 5.73 Å². The lowest BCUT2D eigenvalue weighted by Gasteiger charge is -2.27. The van der Waals surface area contributed by atoms with Crippen LogP contribution in [0.5, 0.6) is 0 Å². The molecule has 0 aliphatic carbocycles. The van der Waals surface area contributed by atoms with E-state index in [-0.39, 0.29) is 0 Å². The van der Waals surface area contributed by atoms with Crippen LogP contribution in [0.25, 0.3) is 0 Å². The summed E-state index contributed by atoms with van der Waals surface area (Å²) in [6.07, 6.45) is 2.64. The first kappa shape index (κ1) is 13.5. The molecule has 0 aromatic carbocycles. The number of guanidine groups is 1. The fourth-order valence-electron chi connectivity index (χ4n) is 2.29. The molecule has 0 saturated carbocycles. The van der Waals surface area contributed by atoms with E-state index in [9.17, 15) is 4.79 Å². The normalized spacial score (nSPS) is 21.8. The van der Waals surface area contributed by atoms with Gasteiger partial charge in [0.05, 0.1) is 0 Å². The quantitative estimate of drug-likeness (QED) is 0.455. The van der Waals surface area contributed by atoms with E-state index in [4.69, 9.17) is 5.73 Å². The topological polar surface area (TPSA) is 61.9 Å². The molecular weight excluding hydrogens is 248 g/mol. The maximum atomic E-state index is 11.4. The fraction of sp³-hybridized carbons (Fsp3) is 0.833. The average Bonchev–Trinajstić information content (AvgIpc) is 2.81. The van der Waals surface area contributed by atoms with Crippen LogP contribution in [-0.2, 0) is 4.79 Å². The first-order chi connectivity index (χ1) is 8.77. The summed E-state index contributed by atoms with van der Waals surface area (Å²) >= 11 is 1.97. The van der Waals surface area contributed by atoms with Gasteiger partial charge in [-0.25, -0.2) is 0 Å². The molecule has 0 atom stereocenters. The van der Waals surface area contributed by atoms with Gasteiger partial charge in [-0.15, -0.1) is 0 Å². The van der Waals surface area contributed by atoms with Crippen molar-refractivity contribution in [2.24, 2.45) is 10.7 Å². The van der Waals surface area contributed by atoms with Gasteiger partial charge >= 0.3 is 0 Å². The van der Waals surface area contributed by atoms with Crippen molar-refractivity contribution >= 4 is 23.6 Å². The molecule has 0 bridgehead atoms. The monoisotopic (exact) mass is 270 g/mol. The largest absolute Gasteiger partial charge is 0.370 e. The van der Waals surface area contributed by atoms with Crippen LogP contribution in [0.3, 0.4) is 0 Å². The number of carbonyl (C=O) groups excluding carboxylic acids is 1. The van der Waals surface area contributed by atoms with Gasteiger partial charge in [-0.05, 0) is 12.8 Å². The molecular formula is C12H22N4OS. The summed E-state index contributed by atoms with van der Waals surface area (Å²) in [5.74, 6) is 3.24. The van der Waals surface area contributed by atoms with E-state index in [2.05, 4.69) is 9.89 Å². The second-order valence-electron chi connectivity index (χ2n) is 4.68. The van der Waals surface area contributed by atoms with Gasteiger partial charge in [0.1, 0.15) is 0 Å². The molecule has 5 nitrogen and oxygen atoms in total. The minimum atomic E-state index is 0.292. The lowest BCUT2D eigenvalue weighted by Crippen LogP contribution is -2.42. The van der Waals surface area contributed by atoms with Crippen LogP contribution in [0, 0.1) is 0 Å². The maximum absolute atomic E-state index is 11.4. The minimum Gasteiger partial charge on any atom is -0.370 e. The van der Waals surface area contributed by atoms with Crippen molar-refractivity contribution in [2.75, 3.05) is 44.2 Å². The number of likely N-dealkylation sites (tertiary alicyclic amines) is 1. The van der Waals surface area contributed by atoms with Gasteiger partial charge in [0.15, 0.2) is 5.96 Å². The Kier molecular flexibility index (Phi) is 5.16. The Morgan fingerprint density at radius 2 is 2.11 bits per heavy atom. The van der Waals surface area contributed by atoms with Crippen LogP contribution in [0.4, 0.5) is 0 Å². The molecule has 0 radical (unpaired) electrons. The number of aliphatic imine (C=N–C) groups is 1. The van der Waals surface area contributed by atoms with Crippen LogP contribution in [0.15, 0.2) is 4.99 Å². The molecule has 2 rings (SSSR count). The molecule has 2 saturated heterocycles. The third-order valence-electron chi connectivity index (χ3n) is 3.37. The van der Waals surface area contributed by atoms with Crippen molar-refractivity contribution in [3.8, 4) is 0 Å². The van der Waals surface area contributed by atoms with Gasteiger partial charge in [0.25, 0.3) is 0 Å². The molecule has 102 valence electrons. The Morgan fingerprint density at radius 3 is 2.78 bits per heavy atom. The van der Waals surface area contributed by atoms with Crippen molar-refractivity contribution in [3.05, 3.63) is 0 Å². The molecule has 2 heterocycles. The molecule has 0 unspecified atom stereocenters. The SMILES string of the molecule is NC(=NCCCN1CCCC1=O)N1CCSCC1. The van der Waals surface area contributed by atoms with E-state index < -0.39 is 0 Å². The number of thioether (sulfide) groups is 1. The summed E-state index contributed by atoms with van der Waals surface area (Å²) in [5, 5.41) is 0. The summed E-state index contributed by atoms with van der Waals surface area (Å²) in [5.41, 5.74) is 5.96. The minimum absolute atomic E-state index is 0.292. The van der Waals surface area contributed by atoms with Gasteiger partial charge < -0.3 is 15.5 Å². The molecule has 2 aliphatic rings. The third-order valence-corrected chi connectivity index (χ3v) is 4.31. The molecule has 2 N–H and O–H groups in total. The third kappa shape index (κ3) is 3.80. The molecule has 18 heavy (non-hydrogen) atoms. The average molecular weight is 270 g/mol. The van der Waals surface area contributed by atoms with E-state index >= 15 is 0 Å². The van der Waals surface area contributed by atoms with Crippen molar-refractivity contribution in [1.82, 2.24) is 9.80 Å². The first-order valence-electron chi connectivity index (χ1n) is 6.68. The van der Waals surface area contributed by atoms with Gasteiger partial charge in [-0.3, -0.25) is 9.79 Å². The van der Waals surface area contributed by atoms with Crippen LogP contribution >= 0.6 is 11.8 Å². The van der Waals surface area contributed by atoms with Crippen LogP contribution in [0.1, 0.15) is 19.3 Å². The Bertz CT molecular complexity index is 315. The summed E-state index contributed by atoms with van der Waals surface area (Å²) < 4.78 is 0. The molecule has 0 aromatic rings. The van der Waals surface area contributed by atoms with E-state index in [1.54, 1.807) is 0 Å². The van der Waals surface area contributed by atoms with Crippen molar-refractivity contribution in [1.29, 1.82) is 0 Å². The van der Waals surface area contributed by atoms with Crippen LogP contribution in [0.2, 0.25) is 0 Å². The predicted molar refractivity (Wildman–Crippen MR) is 75.8 cm³/mol. The van der Waals surface area contributed by atoms with E-state index in [1.165, 1.54) is 0 Å². The van der Waals surface area contributed by atoms with Crippen LogP contribution in [-0.4, -0.2) is 65.9 Å². The lowest BCUT2D eigenvalue weighted by molar-refractivity contribution is -0.127. The van der Waals surface area contributed by atoms with Gasteiger partial charge in [-0.2, -0.15) is 11.8 Å². The Balaban J connectivity index is 1.65. The highest BCUT2D eigenvalue weighted by molar-refractivity contribution is 7.99. The predicted octanol–water partition coefficient (Wildman–Crippen LogP) is 0.362. The molecule has 2 aliphatic heterocycles. The number of hydrogen-bond acceptors (Lipinski definition) is 3. The van der Waals surface area contributed by atoms with Gasteiger partial charge in [0, 0.05) is 50.7 Å². The number of rotatable bonds is 4. The highest BCUT2D eigenvalue weighted by Gasteiger charge is 2.19. The lowest BCUT2D eigenvalue weighted by atomic mass is 10.4. The Morgan fingerprint density at radius 1 is 1.33 bits per heavy atom. The Hall–Kier alpha value is -0.910. The van der Waals surface area contributed by atoms with Crippen molar-refractivity contribution < 1.29 is 4.79 Å².